The van der Waals surface area contributed by atoms with Crippen LogP contribution in [-0.4, -0.2) is 15.0 Å². The van der Waals surface area contributed by atoms with Gasteiger partial charge in [0.05, 0.1) is 0 Å². The quantitative estimate of drug-likeness (QED) is 0.184. The third kappa shape index (κ3) is 5.22. The van der Waals surface area contributed by atoms with Crippen LogP contribution in [-0.2, 0) is 6.61 Å². The molecule has 10 rings (SSSR count). The van der Waals surface area contributed by atoms with E-state index >= 15 is 0 Å². The fourth-order valence-electron chi connectivity index (χ4n) is 7.28. The summed E-state index contributed by atoms with van der Waals surface area (Å²) in [7, 11) is 0. The Morgan fingerprint density at radius 1 is 0.490 bits per heavy atom. The molecule has 0 N–H and O–H groups in total. The van der Waals surface area contributed by atoms with Gasteiger partial charge in [-0.15, -0.1) is 0 Å². The number of hydrogen-bond donors (Lipinski definition) is 0. The molecule has 5 nitrogen and oxygen atoms in total. The Morgan fingerprint density at radius 3 is 1.92 bits per heavy atom. The predicted molar refractivity (Wildman–Crippen MR) is 205 cm³/mol. The van der Waals surface area contributed by atoms with Gasteiger partial charge in [0, 0.05) is 33.0 Å². The van der Waals surface area contributed by atoms with Crippen molar-refractivity contribution in [3.63, 3.8) is 0 Å². The second-order valence-corrected chi connectivity index (χ2v) is 13.0. The molecule has 8 aromatic rings. The molecule has 0 saturated carbocycles. The number of para-hydroxylation sites is 1. The third-order valence-electron chi connectivity index (χ3n) is 9.89. The molecule has 6 aromatic carbocycles. The van der Waals surface area contributed by atoms with Crippen LogP contribution in [0.2, 0.25) is 0 Å². The molecule has 0 atom stereocenters. The lowest BCUT2D eigenvalue weighted by Crippen LogP contribution is -2.06. The minimum absolute atomic E-state index is 0.580. The molecule has 0 amide bonds. The molecule has 2 aromatic heterocycles. The lowest BCUT2D eigenvalue weighted by atomic mass is 9.89. The smallest absolute Gasteiger partial charge is 0.164 e. The van der Waals surface area contributed by atoms with Crippen molar-refractivity contribution >= 4 is 27.5 Å². The van der Waals surface area contributed by atoms with E-state index in [9.17, 15) is 0 Å². The molecule has 2 aliphatic rings. The summed E-state index contributed by atoms with van der Waals surface area (Å²) in [6.07, 6.45) is 8.89. The van der Waals surface area contributed by atoms with E-state index in [1.54, 1.807) is 0 Å². The van der Waals surface area contributed by atoms with Crippen molar-refractivity contribution in [1.29, 1.82) is 0 Å². The molecular formula is C46H31N3O2. The van der Waals surface area contributed by atoms with Gasteiger partial charge in [0.2, 0.25) is 0 Å². The van der Waals surface area contributed by atoms with Crippen molar-refractivity contribution in [2.24, 2.45) is 0 Å². The van der Waals surface area contributed by atoms with Gasteiger partial charge in [-0.05, 0) is 76.6 Å². The summed E-state index contributed by atoms with van der Waals surface area (Å²) in [6.45, 7) is 0.580. The van der Waals surface area contributed by atoms with Crippen molar-refractivity contribution in [3.05, 3.63) is 163 Å². The van der Waals surface area contributed by atoms with E-state index in [4.69, 9.17) is 24.1 Å². The van der Waals surface area contributed by atoms with E-state index in [2.05, 4.69) is 121 Å². The maximum Gasteiger partial charge on any atom is 0.164 e. The fourth-order valence-corrected chi connectivity index (χ4v) is 7.28. The predicted octanol–water partition coefficient (Wildman–Crippen LogP) is 11.7. The fraction of sp³-hybridized carbons (Fsp3) is 0.0652. The van der Waals surface area contributed by atoms with Crippen molar-refractivity contribution in [2.75, 3.05) is 0 Å². The van der Waals surface area contributed by atoms with Gasteiger partial charge in [0.1, 0.15) is 23.5 Å². The number of nitrogens with zero attached hydrogens (tertiary/aromatic N) is 3. The number of benzene rings is 6. The SMILES string of the molecule is C1=CC(c2ccc(-c3nc(-c4ccc(-c5cccc6c5-c5ccccc5CO6)cc4)nc(-c4ccc5oc6ccccc6c5c4)n3)cc2)=CCC1. The second kappa shape index (κ2) is 12.1. The monoisotopic (exact) mass is 657 g/mol. The number of aromatic nitrogens is 3. The van der Waals surface area contributed by atoms with Gasteiger partial charge in [0.25, 0.3) is 0 Å². The number of hydrogen-bond acceptors (Lipinski definition) is 5. The number of fused-ring (bicyclic) bond motifs is 6. The average molecular weight is 658 g/mol. The summed E-state index contributed by atoms with van der Waals surface area (Å²) in [4.78, 5) is 15.2. The van der Waals surface area contributed by atoms with E-state index in [-0.39, 0.29) is 0 Å². The number of ether oxygens (including phenoxy) is 1. The average Bonchev–Trinajstić information content (AvgIpc) is 3.59. The van der Waals surface area contributed by atoms with Crippen LogP contribution in [0.4, 0.5) is 0 Å². The number of allylic oxidation sites excluding steroid dienone is 4. The first-order valence-electron chi connectivity index (χ1n) is 17.4. The zero-order valence-electron chi connectivity index (χ0n) is 27.7. The molecule has 0 saturated heterocycles. The van der Waals surface area contributed by atoms with Crippen LogP contribution in [0, 0.1) is 0 Å². The topological polar surface area (TPSA) is 61.0 Å². The molecule has 51 heavy (non-hydrogen) atoms. The Labute approximate surface area is 295 Å². The van der Waals surface area contributed by atoms with Crippen LogP contribution >= 0.6 is 0 Å². The van der Waals surface area contributed by atoms with Crippen molar-refractivity contribution in [1.82, 2.24) is 15.0 Å². The normalized spacial score (nSPS) is 13.5. The Balaban J connectivity index is 1.08. The lowest BCUT2D eigenvalue weighted by molar-refractivity contribution is 0.302. The Kier molecular flexibility index (Phi) is 6.95. The summed E-state index contributed by atoms with van der Waals surface area (Å²) in [5, 5.41) is 2.10. The highest BCUT2D eigenvalue weighted by molar-refractivity contribution is 6.06. The summed E-state index contributed by atoms with van der Waals surface area (Å²) >= 11 is 0. The Morgan fingerprint density at radius 2 is 1.14 bits per heavy atom. The van der Waals surface area contributed by atoms with Gasteiger partial charge in [-0.25, -0.2) is 15.0 Å². The van der Waals surface area contributed by atoms with E-state index in [1.165, 1.54) is 22.3 Å². The van der Waals surface area contributed by atoms with Crippen LogP contribution in [0.5, 0.6) is 5.75 Å². The van der Waals surface area contributed by atoms with Crippen molar-refractivity contribution < 1.29 is 9.15 Å². The molecule has 1 aliphatic heterocycles. The highest BCUT2D eigenvalue weighted by atomic mass is 16.5. The lowest BCUT2D eigenvalue weighted by Gasteiger charge is -2.23. The summed E-state index contributed by atoms with van der Waals surface area (Å²) in [6, 6.07) is 46.0. The first-order valence-corrected chi connectivity index (χ1v) is 17.4. The molecule has 0 fully saturated rings. The van der Waals surface area contributed by atoms with Gasteiger partial charge in [0.15, 0.2) is 17.5 Å². The molecular weight excluding hydrogens is 627 g/mol. The Bertz CT molecular complexity index is 2680. The van der Waals surface area contributed by atoms with Gasteiger partial charge in [-0.3, -0.25) is 0 Å². The van der Waals surface area contributed by atoms with Crippen LogP contribution in [0.25, 0.3) is 83.9 Å². The third-order valence-corrected chi connectivity index (χ3v) is 9.89. The summed E-state index contributed by atoms with van der Waals surface area (Å²) in [5.41, 5.74) is 12.7. The zero-order chi connectivity index (χ0) is 33.7. The van der Waals surface area contributed by atoms with Crippen LogP contribution in [0.1, 0.15) is 24.0 Å². The van der Waals surface area contributed by atoms with Gasteiger partial charge >= 0.3 is 0 Å². The summed E-state index contributed by atoms with van der Waals surface area (Å²) < 4.78 is 12.3. The highest BCUT2D eigenvalue weighted by Gasteiger charge is 2.21. The first kappa shape index (κ1) is 29.3. The van der Waals surface area contributed by atoms with Gasteiger partial charge < -0.3 is 9.15 Å². The maximum atomic E-state index is 6.16. The first-order chi connectivity index (χ1) is 25.2. The minimum Gasteiger partial charge on any atom is -0.488 e. The maximum absolute atomic E-state index is 6.16. The Hall–Kier alpha value is -6.59. The molecule has 242 valence electrons. The molecule has 0 spiro atoms. The number of furan rings is 1. The molecule has 5 heteroatoms. The summed E-state index contributed by atoms with van der Waals surface area (Å²) in [5.74, 6) is 2.76. The van der Waals surface area contributed by atoms with E-state index in [1.807, 2.05) is 30.3 Å². The number of rotatable bonds is 5. The molecule has 0 bridgehead atoms. The van der Waals surface area contributed by atoms with Crippen LogP contribution < -0.4 is 4.74 Å². The molecule has 0 unspecified atom stereocenters. The van der Waals surface area contributed by atoms with Gasteiger partial charge in [-0.2, -0.15) is 0 Å². The van der Waals surface area contributed by atoms with E-state index in [0.717, 1.165) is 73.9 Å². The van der Waals surface area contributed by atoms with Gasteiger partial charge in [-0.1, -0.05) is 121 Å². The zero-order valence-corrected chi connectivity index (χ0v) is 27.7. The standard InChI is InChI=1S/C46H31N3O2/c1-2-9-29(10-3-1)30-17-21-32(22-18-30)44-47-45(49-46(48-44)34-25-26-41-39(27-34)38-13-6-7-15-40(38)51-41)33-23-19-31(20-24-33)36-14-8-16-42-43(36)37-12-5-4-11-35(37)28-50-42/h2,4-27H,1,3,28H2. The van der Waals surface area contributed by atoms with Crippen molar-refractivity contribution in [3.8, 4) is 62.2 Å². The molecule has 3 heterocycles. The highest BCUT2D eigenvalue weighted by Crippen LogP contribution is 2.44. The largest absolute Gasteiger partial charge is 0.488 e. The van der Waals surface area contributed by atoms with Crippen molar-refractivity contribution in [2.45, 2.75) is 19.4 Å². The van der Waals surface area contributed by atoms with Crippen LogP contribution in [0.15, 0.2) is 156 Å². The van der Waals surface area contributed by atoms with Crippen LogP contribution in [0.3, 0.4) is 0 Å². The van der Waals surface area contributed by atoms with E-state index in [0.29, 0.717) is 24.1 Å². The second-order valence-electron chi connectivity index (χ2n) is 13.0. The van der Waals surface area contributed by atoms with E-state index < -0.39 is 0 Å². The molecule has 0 radical (unpaired) electrons. The minimum atomic E-state index is 0.580. The molecule has 1 aliphatic carbocycles.